The van der Waals surface area contributed by atoms with Gasteiger partial charge in [0.05, 0.1) is 18.6 Å². The minimum Gasteiger partial charge on any atom is -0.481 e. The van der Waals surface area contributed by atoms with Crippen LogP contribution in [0.2, 0.25) is 0 Å². The predicted molar refractivity (Wildman–Crippen MR) is 68.5 cm³/mol. The van der Waals surface area contributed by atoms with E-state index in [2.05, 4.69) is 5.32 Å². The molecule has 2 unspecified atom stereocenters. The molecule has 0 aromatic rings. The number of rotatable bonds is 8. The summed E-state index contributed by atoms with van der Waals surface area (Å²) >= 11 is 0. The highest BCUT2D eigenvalue weighted by Gasteiger charge is 2.18. The fraction of sp³-hybridized carbons (Fsp3) is 0.833. The van der Waals surface area contributed by atoms with Gasteiger partial charge in [-0.1, -0.05) is 6.92 Å². The number of carboxylic acid groups (broad SMARTS) is 1. The molecule has 6 nitrogen and oxygen atoms in total. The number of carbonyl (C=O) groups excluding carboxylic acids is 1. The highest BCUT2D eigenvalue weighted by atomic mass is 16.5. The molecule has 0 spiro atoms. The van der Waals surface area contributed by atoms with Crippen LogP contribution in [0.25, 0.3) is 0 Å². The number of ether oxygens (including phenoxy) is 1. The summed E-state index contributed by atoms with van der Waals surface area (Å²) in [5.74, 6) is -1.29. The lowest BCUT2D eigenvalue weighted by Crippen LogP contribution is -2.47. The van der Waals surface area contributed by atoms with Gasteiger partial charge in [0.15, 0.2) is 0 Å². The minimum atomic E-state index is -0.843. The van der Waals surface area contributed by atoms with Crippen molar-refractivity contribution in [3.8, 4) is 0 Å². The molecule has 0 aliphatic rings. The van der Waals surface area contributed by atoms with E-state index in [9.17, 15) is 9.59 Å². The third-order valence-corrected chi connectivity index (χ3v) is 2.82. The summed E-state index contributed by atoms with van der Waals surface area (Å²) in [6.07, 6.45) is 0.428. The predicted octanol–water partition coefficient (Wildman–Crippen LogP) is 1.16. The lowest BCUT2D eigenvalue weighted by molar-refractivity contribution is -0.141. The minimum absolute atomic E-state index is 0.00287. The molecule has 0 saturated carbocycles. The van der Waals surface area contributed by atoms with Gasteiger partial charge in [0, 0.05) is 20.2 Å². The van der Waals surface area contributed by atoms with Crippen LogP contribution in [0.1, 0.15) is 27.2 Å². The normalized spacial score (nSPS) is 13.8. The summed E-state index contributed by atoms with van der Waals surface area (Å²) in [6, 6.07) is -0.184. The van der Waals surface area contributed by atoms with Crippen molar-refractivity contribution in [3.05, 3.63) is 0 Å². The van der Waals surface area contributed by atoms with Crippen molar-refractivity contribution in [2.24, 2.45) is 5.92 Å². The maximum atomic E-state index is 11.9. The molecule has 0 bridgehead atoms. The number of aliphatic carboxylic acids is 1. The highest BCUT2D eigenvalue weighted by molar-refractivity contribution is 5.74. The van der Waals surface area contributed by atoms with E-state index in [1.807, 2.05) is 13.8 Å². The highest BCUT2D eigenvalue weighted by Crippen LogP contribution is 2.02. The molecular formula is C12H24N2O4. The van der Waals surface area contributed by atoms with Crippen LogP contribution in [0.3, 0.4) is 0 Å². The fourth-order valence-corrected chi connectivity index (χ4v) is 1.61. The van der Waals surface area contributed by atoms with E-state index in [4.69, 9.17) is 9.84 Å². The van der Waals surface area contributed by atoms with Gasteiger partial charge in [0.1, 0.15) is 0 Å². The van der Waals surface area contributed by atoms with Crippen LogP contribution in [-0.4, -0.2) is 54.9 Å². The smallest absolute Gasteiger partial charge is 0.317 e. The summed E-state index contributed by atoms with van der Waals surface area (Å²) < 4.78 is 5.01. The number of likely N-dealkylation sites (N-methyl/N-ethyl adjacent to an activating group) is 1. The Kier molecular flexibility index (Phi) is 8.11. The Hall–Kier alpha value is -1.30. The van der Waals surface area contributed by atoms with E-state index in [1.165, 1.54) is 0 Å². The number of urea groups is 1. The van der Waals surface area contributed by atoms with E-state index in [-0.39, 0.29) is 12.1 Å². The molecule has 106 valence electrons. The monoisotopic (exact) mass is 260 g/mol. The Morgan fingerprint density at radius 1 is 1.39 bits per heavy atom. The molecule has 0 aromatic heterocycles. The molecule has 6 heteroatoms. The number of hydrogen-bond donors (Lipinski definition) is 2. The lowest BCUT2D eigenvalue weighted by Gasteiger charge is -2.27. The first-order valence-corrected chi connectivity index (χ1v) is 6.20. The van der Waals surface area contributed by atoms with Crippen LogP contribution in [0, 0.1) is 5.92 Å². The number of hydrogen-bond acceptors (Lipinski definition) is 3. The van der Waals surface area contributed by atoms with Gasteiger partial charge in [0.25, 0.3) is 0 Å². The van der Waals surface area contributed by atoms with Crippen molar-refractivity contribution in [2.75, 3.05) is 26.8 Å². The molecule has 0 fully saturated rings. The van der Waals surface area contributed by atoms with Crippen molar-refractivity contribution in [3.63, 3.8) is 0 Å². The Morgan fingerprint density at radius 2 is 2.00 bits per heavy atom. The molecule has 0 aromatic carbocycles. The van der Waals surface area contributed by atoms with Gasteiger partial charge in [-0.2, -0.15) is 0 Å². The second-order valence-electron chi connectivity index (χ2n) is 4.35. The number of amides is 2. The number of nitrogens with zero attached hydrogens (tertiary/aromatic N) is 1. The standard InChI is InChI=1S/C12H24N2O4/c1-5-14(10(3)8-18-4)12(17)13-7-6-9(2)11(15)16/h9-10H,5-8H2,1-4H3,(H,13,17)(H,15,16). The first-order chi connectivity index (χ1) is 8.43. The third-order valence-electron chi connectivity index (χ3n) is 2.82. The number of carbonyl (C=O) groups is 2. The molecule has 0 rings (SSSR count). The number of methoxy groups -OCH3 is 1. The zero-order chi connectivity index (χ0) is 14.1. The van der Waals surface area contributed by atoms with E-state index in [1.54, 1.807) is 18.9 Å². The molecule has 18 heavy (non-hydrogen) atoms. The van der Waals surface area contributed by atoms with Crippen LogP contribution >= 0.6 is 0 Å². The van der Waals surface area contributed by atoms with E-state index in [0.29, 0.717) is 26.1 Å². The molecule has 0 aliphatic carbocycles. The summed E-state index contributed by atoms with van der Waals surface area (Å²) in [6.45, 7) is 6.86. The molecule has 2 amide bonds. The Bertz CT molecular complexity index is 271. The van der Waals surface area contributed by atoms with Gasteiger partial charge in [-0.25, -0.2) is 4.79 Å². The van der Waals surface area contributed by atoms with E-state index >= 15 is 0 Å². The van der Waals surface area contributed by atoms with Gasteiger partial charge < -0.3 is 20.1 Å². The van der Waals surface area contributed by atoms with Crippen molar-refractivity contribution in [1.82, 2.24) is 10.2 Å². The molecule has 0 aliphatic heterocycles. The zero-order valence-electron chi connectivity index (χ0n) is 11.6. The quantitative estimate of drug-likeness (QED) is 0.686. The second kappa shape index (κ2) is 8.74. The lowest BCUT2D eigenvalue weighted by atomic mass is 10.1. The molecule has 0 saturated heterocycles. The third kappa shape index (κ3) is 5.86. The number of carboxylic acids is 1. The topological polar surface area (TPSA) is 78.9 Å². The SMILES string of the molecule is CCN(C(=O)NCCC(C)C(=O)O)C(C)COC. The van der Waals surface area contributed by atoms with Gasteiger partial charge in [-0.15, -0.1) is 0 Å². The van der Waals surface area contributed by atoms with Crippen LogP contribution in [-0.2, 0) is 9.53 Å². The van der Waals surface area contributed by atoms with Crippen molar-refractivity contribution < 1.29 is 19.4 Å². The average Bonchev–Trinajstić information content (AvgIpc) is 2.29. The van der Waals surface area contributed by atoms with Crippen LogP contribution in [0.4, 0.5) is 4.79 Å². The Morgan fingerprint density at radius 3 is 2.44 bits per heavy atom. The molecule has 2 N–H and O–H groups in total. The maximum Gasteiger partial charge on any atom is 0.317 e. The van der Waals surface area contributed by atoms with Gasteiger partial charge >= 0.3 is 12.0 Å². The summed E-state index contributed by atoms with van der Waals surface area (Å²) in [5.41, 5.74) is 0. The van der Waals surface area contributed by atoms with Crippen molar-refractivity contribution >= 4 is 12.0 Å². The summed E-state index contributed by atoms with van der Waals surface area (Å²) in [4.78, 5) is 24.1. The fourth-order valence-electron chi connectivity index (χ4n) is 1.61. The van der Waals surface area contributed by atoms with E-state index in [0.717, 1.165) is 0 Å². The maximum absolute atomic E-state index is 11.9. The first-order valence-electron chi connectivity index (χ1n) is 6.20. The van der Waals surface area contributed by atoms with E-state index < -0.39 is 11.9 Å². The zero-order valence-corrected chi connectivity index (χ0v) is 11.6. The van der Waals surface area contributed by atoms with Gasteiger partial charge in [-0.05, 0) is 20.3 Å². The second-order valence-corrected chi connectivity index (χ2v) is 4.35. The molecular weight excluding hydrogens is 236 g/mol. The largest absolute Gasteiger partial charge is 0.481 e. The van der Waals surface area contributed by atoms with Crippen LogP contribution in [0.15, 0.2) is 0 Å². The average molecular weight is 260 g/mol. The summed E-state index contributed by atoms with van der Waals surface area (Å²) in [5, 5.41) is 11.4. The summed E-state index contributed by atoms with van der Waals surface area (Å²) in [7, 11) is 1.59. The van der Waals surface area contributed by atoms with Crippen LogP contribution in [0.5, 0.6) is 0 Å². The van der Waals surface area contributed by atoms with Crippen molar-refractivity contribution in [1.29, 1.82) is 0 Å². The van der Waals surface area contributed by atoms with Gasteiger partial charge in [0.2, 0.25) is 0 Å². The van der Waals surface area contributed by atoms with Crippen LogP contribution < -0.4 is 5.32 Å². The van der Waals surface area contributed by atoms with Gasteiger partial charge in [-0.3, -0.25) is 4.79 Å². The number of nitrogens with one attached hydrogen (secondary N) is 1. The first kappa shape index (κ1) is 16.7. The van der Waals surface area contributed by atoms with Crippen molar-refractivity contribution in [2.45, 2.75) is 33.2 Å². The molecule has 2 atom stereocenters. The molecule has 0 radical (unpaired) electrons. The Balaban J connectivity index is 4.09. The molecule has 0 heterocycles. The Labute approximate surface area is 108 Å².